The lowest BCUT2D eigenvalue weighted by molar-refractivity contribution is 0.0134. The molecule has 0 bridgehead atoms. The number of aliphatic imine (C=N–C) groups is 1. The third kappa shape index (κ3) is 1.80. The summed E-state index contributed by atoms with van der Waals surface area (Å²) in [5.74, 6) is 0. The maximum absolute atomic E-state index is 3.91. The molecule has 1 aliphatic heterocycles. The molecule has 2 nitrogen and oxygen atoms in total. The average Bonchev–Trinajstić information content (AvgIpc) is 1.96. The quantitative estimate of drug-likeness (QED) is 0.559. The fourth-order valence-electron chi connectivity index (χ4n) is 1.97. The highest BCUT2D eigenvalue weighted by molar-refractivity contribution is 5.23. The number of hydrogen-bond acceptors (Lipinski definition) is 2. The van der Waals surface area contributed by atoms with Gasteiger partial charge in [-0.3, -0.25) is 0 Å². The molecule has 0 aromatic heterocycles. The maximum Gasteiger partial charge on any atom is 0.0388 e. The van der Waals surface area contributed by atoms with E-state index in [1.165, 1.54) is 25.9 Å². The van der Waals surface area contributed by atoms with E-state index in [-0.39, 0.29) is 0 Å². The number of nitrogens with zero attached hydrogens (tertiary/aromatic N) is 2. The van der Waals surface area contributed by atoms with Gasteiger partial charge in [0.2, 0.25) is 0 Å². The van der Waals surface area contributed by atoms with E-state index in [1.54, 1.807) is 0 Å². The summed E-state index contributed by atoms with van der Waals surface area (Å²) in [7, 11) is 2.18. The minimum Gasteiger partial charge on any atom is -0.305 e. The molecule has 0 radical (unpaired) electrons. The van der Waals surface area contributed by atoms with Crippen LogP contribution in [0.5, 0.6) is 0 Å². The highest BCUT2D eigenvalue weighted by Gasteiger charge is 2.38. The fraction of sp³-hybridized carbons (Fsp3) is 0.889. The summed E-state index contributed by atoms with van der Waals surface area (Å²) in [6, 6.07) is 0. The van der Waals surface area contributed by atoms with Crippen LogP contribution >= 0.6 is 0 Å². The molecule has 0 aromatic carbocycles. The van der Waals surface area contributed by atoms with E-state index in [0.29, 0.717) is 5.41 Å². The normalized spacial score (nSPS) is 22.7. The molecule has 0 N–H and O–H groups in total. The standard InChI is InChI=1S/C9H18N2/c1-4-9(5-6-10-2)7-11(3)8-9/h2,4-8H2,1,3H3. The van der Waals surface area contributed by atoms with Crippen molar-refractivity contribution in [3.8, 4) is 0 Å². The third-order valence-electron chi connectivity index (χ3n) is 2.76. The monoisotopic (exact) mass is 154 g/mol. The van der Waals surface area contributed by atoms with Crippen LogP contribution in [0.3, 0.4) is 0 Å². The van der Waals surface area contributed by atoms with E-state index in [1.807, 2.05) is 0 Å². The Kier molecular flexibility index (Phi) is 2.66. The van der Waals surface area contributed by atoms with Crippen molar-refractivity contribution in [1.82, 2.24) is 4.90 Å². The van der Waals surface area contributed by atoms with Crippen molar-refractivity contribution in [2.45, 2.75) is 19.8 Å². The lowest BCUT2D eigenvalue weighted by Crippen LogP contribution is -2.54. The highest BCUT2D eigenvalue weighted by atomic mass is 15.2. The number of rotatable bonds is 4. The second kappa shape index (κ2) is 3.35. The molecule has 1 saturated heterocycles. The molecule has 1 aliphatic rings. The Labute approximate surface area is 69.3 Å². The summed E-state index contributed by atoms with van der Waals surface area (Å²) in [5, 5.41) is 0. The van der Waals surface area contributed by atoms with Gasteiger partial charge in [-0.25, -0.2) is 0 Å². The SMILES string of the molecule is C=NCCC1(CC)CN(C)C1. The molecule has 0 atom stereocenters. The van der Waals surface area contributed by atoms with Crippen LogP contribution in [-0.2, 0) is 0 Å². The van der Waals surface area contributed by atoms with E-state index in [9.17, 15) is 0 Å². The van der Waals surface area contributed by atoms with E-state index in [0.717, 1.165) is 6.54 Å². The zero-order valence-electron chi connectivity index (χ0n) is 7.64. The van der Waals surface area contributed by atoms with Crippen LogP contribution in [0.15, 0.2) is 4.99 Å². The number of hydrogen-bond donors (Lipinski definition) is 0. The van der Waals surface area contributed by atoms with Crippen LogP contribution in [0.4, 0.5) is 0 Å². The van der Waals surface area contributed by atoms with Gasteiger partial charge in [-0.2, -0.15) is 0 Å². The van der Waals surface area contributed by atoms with Crippen LogP contribution in [0.25, 0.3) is 0 Å². The Morgan fingerprint density at radius 1 is 1.55 bits per heavy atom. The van der Waals surface area contributed by atoms with Gasteiger partial charge in [-0.1, -0.05) is 6.92 Å². The van der Waals surface area contributed by atoms with Crippen LogP contribution in [0.2, 0.25) is 0 Å². The topological polar surface area (TPSA) is 15.6 Å². The Morgan fingerprint density at radius 3 is 2.55 bits per heavy atom. The van der Waals surface area contributed by atoms with Gasteiger partial charge in [0.05, 0.1) is 0 Å². The molecule has 1 rings (SSSR count). The van der Waals surface area contributed by atoms with Gasteiger partial charge in [0.25, 0.3) is 0 Å². The largest absolute Gasteiger partial charge is 0.305 e. The van der Waals surface area contributed by atoms with Gasteiger partial charge < -0.3 is 9.89 Å². The molecule has 0 aliphatic carbocycles. The van der Waals surface area contributed by atoms with Crippen LogP contribution in [-0.4, -0.2) is 38.3 Å². The van der Waals surface area contributed by atoms with Crippen molar-refractivity contribution in [3.05, 3.63) is 0 Å². The summed E-state index contributed by atoms with van der Waals surface area (Å²) in [6.45, 7) is 9.22. The zero-order chi connectivity index (χ0) is 8.32. The molecule has 2 heteroatoms. The smallest absolute Gasteiger partial charge is 0.0388 e. The molecule has 11 heavy (non-hydrogen) atoms. The van der Waals surface area contributed by atoms with Crippen LogP contribution in [0, 0.1) is 5.41 Å². The molecule has 0 unspecified atom stereocenters. The lowest BCUT2D eigenvalue weighted by atomic mass is 9.75. The predicted octanol–water partition coefficient (Wildman–Crippen LogP) is 1.42. The average molecular weight is 154 g/mol. The predicted molar refractivity (Wildman–Crippen MR) is 49.3 cm³/mol. The minimum atomic E-state index is 0.579. The first-order chi connectivity index (χ1) is 5.22. The van der Waals surface area contributed by atoms with E-state index in [2.05, 4.69) is 30.6 Å². The fourth-order valence-corrected chi connectivity index (χ4v) is 1.97. The molecule has 0 spiro atoms. The summed E-state index contributed by atoms with van der Waals surface area (Å²) < 4.78 is 0. The molecule has 0 aromatic rings. The van der Waals surface area contributed by atoms with Crippen LogP contribution < -0.4 is 0 Å². The van der Waals surface area contributed by atoms with Gasteiger partial charge in [0.15, 0.2) is 0 Å². The zero-order valence-corrected chi connectivity index (χ0v) is 7.64. The van der Waals surface area contributed by atoms with Gasteiger partial charge in [0.1, 0.15) is 0 Å². The highest BCUT2D eigenvalue weighted by Crippen LogP contribution is 2.35. The molecule has 1 heterocycles. The first-order valence-electron chi connectivity index (χ1n) is 4.33. The molecule has 1 fully saturated rings. The van der Waals surface area contributed by atoms with Gasteiger partial charge in [-0.05, 0) is 32.0 Å². The lowest BCUT2D eigenvalue weighted by Gasteiger charge is -2.48. The van der Waals surface area contributed by atoms with Crippen molar-refractivity contribution in [2.24, 2.45) is 10.4 Å². The Balaban J connectivity index is 2.31. The van der Waals surface area contributed by atoms with E-state index >= 15 is 0 Å². The molecule has 64 valence electrons. The summed E-state index contributed by atoms with van der Waals surface area (Å²) in [4.78, 5) is 6.27. The van der Waals surface area contributed by atoms with Crippen LogP contribution in [0.1, 0.15) is 19.8 Å². The van der Waals surface area contributed by atoms with E-state index < -0.39 is 0 Å². The molecule has 0 amide bonds. The summed E-state index contributed by atoms with van der Waals surface area (Å²) in [6.07, 6.45) is 2.50. The molecular formula is C9H18N2. The van der Waals surface area contributed by atoms with Crippen molar-refractivity contribution in [3.63, 3.8) is 0 Å². The Morgan fingerprint density at radius 2 is 2.18 bits per heavy atom. The number of likely N-dealkylation sites (tertiary alicyclic amines) is 1. The van der Waals surface area contributed by atoms with Gasteiger partial charge in [0, 0.05) is 19.6 Å². The van der Waals surface area contributed by atoms with E-state index in [4.69, 9.17) is 0 Å². The second-order valence-corrected chi connectivity index (χ2v) is 3.72. The van der Waals surface area contributed by atoms with Crippen molar-refractivity contribution >= 4 is 6.72 Å². The maximum atomic E-state index is 3.91. The van der Waals surface area contributed by atoms with Crippen molar-refractivity contribution in [2.75, 3.05) is 26.7 Å². The third-order valence-corrected chi connectivity index (χ3v) is 2.76. The second-order valence-electron chi connectivity index (χ2n) is 3.72. The van der Waals surface area contributed by atoms with Crippen molar-refractivity contribution in [1.29, 1.82) is 0 Å². The Hall–Kier alpha value is -0.370. The molecular weight excluding hydrogens is 136 g/mol. The summed E-state index contributed by atoms with van der Waals surface area (Å²) >= 11 is 0. The van der Waals surface area contributed by atoms with Gasteiger partial charge >= 0.3 is 0 Å². The molecule has 0 saturated carbocycles. The van der Waals surface area contributed by atoms with Crippen molar-refractivity contribution < 1.29 is 0 Å². The summed E-state index contributed by atoms with van der Waals surface area (Å²) in [5.41, 5.74) is 0.579. The minimum absolute atomic E-state index is 0.579. The van der Waals surface area contributed by atoms with Gasteiger partial charge in [-0.15, -0.1) is 0 Å². The first-order valence-corrected chi connectivity index (χ1v) is 4.33. The Bertz CT molecular complexity index is 136. The first kappa shape index (κ1) is 8.72.